The molecular formula is C13H16FNO. The first-order chi connectivity index (χ1) is 7.48. The van der Waals surface area contributed by atoms with Crippen LogP contribution in [0.5, 0.6) is 0 Å². The maximum absolute atomic E-state index is 13.1. The lowest BCUT2D eigenvalue weighted by atomic mass is 9.91. The molecule has 1 aromatic carbocycles. The number of hydrogen-bond donors (Lipinski definition) is 1. The molecule has 1 N–H and O–H groups in total. The van der Waals surface area contributed by atoms with Crippen LogP contribution in [0.25, 0.3) is 0 Å². The third kappa shape index (κ3) is 2.23. The maximum Gasteiger partial charge on any atom is 0.220 e. The second kappa shape index (κ2) is 3.89. The van der Waals surface area contributed by atoms with Crippen molar-refractivity contribution >= 4 is 5.91 Å². The highest BCUT2D eigenvalue weighted by Gasteiger charge is 2.32. The number of halogens is 1. The Morgan fingerprint density at radius 2 is 2.25 bits per heavy atom. The normalized spacial score (nSPS) is 24.6. The fourth-order valence-corrected chi connectivity index (χ4v) is 2.25. The third-order valence-corrected chi connectivity index (χ3v) is 3.16. The second-order valence-corrected chi connectivity index (χ2v) is 4.87. The molecule has 0 radical (unpaired) electrons. The highest BCUT2D eigenvalue weighted by atomic mass is 19.1. The summed E-state index contributed by atoms with van der Waals surface area (Å²) in [6.45, 7) is 3.80. The van der Waals surface area contributed by atoms with E-state index in [9.17, 15) is 9.18 Å². The molecule has 0 aliphatic carbocycles. The van der Waals surface area contributed by atoms with Gasteiger partial charge < -0.3 is 5.32 Å². The predicted octanol–water partition coefficient (Wildman–Crippen LogP) is 2.35. The lowest BCUT2D eigenvalue weighted by molar-refractivity contribution is -0.119. The Balaban J connectivity index is 2.14. The summed E-state index contributed by atoms with van der Waals surface area (Å²) in [5, 5.41) is 2.98. The molecule has 1 aliphatic heterocycles. The summed E-state index contributed by atoms with van der Waals surface area (Å²) < 4.78 is 13.1. The highest BCUT2D eigenvalue weighted by molar-refractivity contribution is 5.79. The Hall–Kier alpha value is -1.38. The topological polar surface area (TPSA) is 29.1 Å². The zero-order valence-corrected chi connectivity index (χ0v) is 9.64. The van der Waals surface area contributed by atoms with Crippen molar-refractivity contribution in [1.82, 2.24) is 5.32 Å². The third-order valence-electron chi connectivity index (χ3n) is 3.16. The molecule has 1 aliphatic rings. The van der Waals surface area contributed by atoms with Crippen molar-refractivity contribution in [3.8, 4) is 0 Å². The first-order valence-electron chi connectivity index (χ1n) is 5.55. The number of aryl methyl sites for hydroxylation is 1. The van der Waals surface area contributed by atoms with Gasteiger partial charge >= 0.3 is 0 Å². The Morgan fingerprint density at radius 1 is 1.50 bits per heavy atom. The molecule has 16 heavy (non-hydrogen) atoms. The molecule has 1 atom stereocenters. The van der Waals surface area contributed by atoms with Crippen LogP contribution >= 0.6 is 0 Å². The molecule has 1 unspecified atom stereocenters. The number of rotatable bonds is 2. The van der Waals surface area contributed by atoms with Gasteiger partial charge in [-0.05, 0) is 43.9 Å². The van der Waals surface area contributed by atoms with Crippen LogP contribution in [0.4, 0.5) is 4.39 Å². The van der Waals surface area contributed by atoms with Gasteiger partial charge in [0.25, 0.3) is 0 Å². The van der Waals surface area contributed by atoms with Gasteiger partial charge in [-0.1, -0.05) is 12.1 Å². The van der Waals surface area contributed by atoms with Gasteiger partial charge in [-0.2, -0.15) is 0 Å². The van der Waals surface area contributed by atoms with Crippen molar-refractivity contribution in [1.29, 1.82) is 0 Å². The first kappa shape index (κ1) is 11.1. The zero-order chi connectivity index (χ0) is 11.8. The summed E-state index contributed by atoms with van der Waals surface area (Å²) in [5.41, 5.74) is 1.57. The van der Waals surface area contributed by atoms with E-state index < -0.39 is 0 Å². The van der Waals surface area contributed by atoms with Crippen LogP contribution in [0, 0.1) is 12.7 Å². The molecule has 0 bridgehead atoms. The minimum absolute atomic E-state index is 0.112. The van der Waals surface area contributed by atoms with Gasteiger partial charge in [0, 0.05) is 12.0 Å². The van der Waals surface area contributed by atoms with Gasteiger partial charge in [0.1, 0.15) is 5.82 Å². The average molecular weight is 221 g/mol. The Bertz CT molecular complexity index is 430. The SMILES string of the molecule is Cc1cc(CC2(C)CCC(=O)N2)ccc1F. The van der Waals surface area contributed by atoms with Crippen LogP contribution in [-0.4, -0.2) is 11.4 Å². The molecule has 0 saturated carbocycles. The summed E-state index contributed by atoms with van der Waals surface area (Å²) in [7, 11) is 0. The monoisotopic (exact) mass is 221 g/mol. The zero-order valence-electron chi connectivity index (χ0n) is 9.64. The predicted molar refractivity (Wildman–Crippen MR) is 60.6 cm³/mol. The standard InChI is InChI=1S/C13H16FNO/c1-9-7-10(3-4-11(9)14)8-13(2)6-5-12(16)15-13/h3-4,7H,5-6,8H2,1-2H3,(H,15,16). The molecule has 3 heteroatoms. The van der Waals surface area contributed by atoms with E-state index in [1.165, 1.54) is 6.07 Å². The molecule has 2 nitrogen and oxygen atoms in total. The Kier molecular flexibility index (Phi) is 2.70. The van der Waals surface area contributed by atoms with Crippen molar-refractivity contribution in [3.05, 3.63) is 35.1 Å². The van der Waals surface area contributed by atoms with Gasteiger partial charge in [-0.25, -0.2) is 4.39 Å². The molecule has 0 aromatic heterocycles. The van der Waals surface area contributed by atoms with E-state index >= 15 is 0 Å². The minimum atomic E-state index is -0.177. The Labute approximate surface area is 94.9 Å². The van der Waals surface area contributed by atoms with E-state index in [0.717, 1.165) is 18.4 Å². The van der Waals surface area contributed by atoms with Gasteiger partial charge in [-0.3, -0.25) is 4.79 Å². The van der Waals surface area contributed by atoms with Crippen LogP contribution in [0.15, 0.2) is 18.2 Å². The summed E-state index contributed by atoms with van der Waals surface area (Å²) >= 11 is 0. The Morgan fingerprint density at radius 3 is 2.81 bits per heavy atom. The highest BCUT2D eigenvalue weighted by Crippen LogP contribution is 2.24. The fourth-order valence-electron chi connectivity index (χ4n) is 2.25. The summed E-state index contributed by atoms with van der Waals surface area (Å²) in [4.78, 5) is 11.2. The number of carbonyl (C=O) groups is 1. The lowest BCUT2D eigenvalue weighted by Gasteiger charge is -2.24. The van der Waals surface area contributed by atoms with Crippen molar-refractivity contribution in [2.45, 2.75) is 38.6 Å². The number of benzene rings is 1. The number of carbonyl (C=O) groups excluding carboxylic acids is 1. The van der Waals surface area contributed by atoms with Crippen LogP contribution in [0.2, 0.25) is 0 Å². The summed E-state index contributed by atoms with van der Waals surface area (Å²) in [6.07, 6.45) is 2.21. The van der Waals surface area contributed by atoms with Gasteiger partial charge in [-0.15, -0.1) is 0 Å². The largest absolute Gasteiger partial charge is 0.351 e. The van der Waals surface area contributed by atoms with Crippen LogP contribution in [0.3, 0.4) is 0 Å². The second-order valence-electron chi connectivity index (χ2n) is 4.87. The quantitative estimate of drug-likeness (QED) is 0.816. The molecule has 1 saturated heterocycles. The lowest BCUT2D eigenvalue weighted by Crippen LogP contribution is -2.40. The molecule has 1 aromatic rings. The van der Waals surface area contributed by atoms with Crippen molar-refractivity contribution in [2.75, 3.05) is 0 Å². The van der Waals surface area contributed by atoms with E-state index in [1.807, 2.05) is 13.0 Å². The number of hydrogen-bond acceptors (Lipinski definition) is 1. The minimum Gasteiger partial charge on any atom is -0.351 e. The molecule has 86 valence electrons. The first-order valence-corrected chi connectivity index (χ1v) is 5.55. The average Bonchev–Trinajstić information content (AvgIpc) is 2.52. The summed E-state index contributed by atoms with van der Waals surface area (Å²) in [5.74, 6) is -0.0642. The molecule has 2 rings (SSSR count). The van der Waals surface area contributed by atoms with Crippen LogP contribution < -0.4 is 5.32 Å². The van der Waals surface area contributed by atoms with E-state index in [2.05, 4.69) is 5.32 Å². The molecule has 0 spiro atoms. The molecular weight excluding hydrogens is 205 g/mol. The van der Waals surface area contributed by atoms with Crippen molar-refractivity contribution in [3.63, 3.8) is 0 Å². The van der Waals surface area contributed by atoms with Crippen molar-refractivity contribution < 1.29 is 9.18 Å². The van der Waals surface area contributed by atoms with Crippen LogP contribution in [0.1, 0.15) is 30.9 Å². The van der Waals surface area contributed by atoms with E-state index in [-0.39, 0.29) is 17.3 Å². The van der Waals surface area contributed by atoms with Gasteiger partial charge in [0.15, 0.2) is 0 Å². The van der Waals surface area contributed by atoms with Gasteiger partial charge in [0.05, 0.1) is 0 Å². The number of amides is 1. The molecule has 1 amide bonds. The summed E-state index contributed by atoms with van der Waals surface area (Å²) in [6, 6.07) is 5.13. The van der Waals surface area contributed by atoms with E-state index in [0.29, 0.717) is 12.0 Å². The smallest absolute Gasteiger partial charge is 0.220 e. The maximum atomic E-state index is 13.1. The number of nitrogens with one attached hydrogen (secondary N) is 1. The van der Waals surface area contributed by atoms with E-state index in [1.54, 1.807) is 13.0 Å². The fraction of sp³-hybridized carbons (Fsp3) is 0.462. The van der Waals surface area contributed by atoms with Crippen molar-refractivity contribution in [2.24, 2.45) is 0 Å². The molecule has 1 fully saturated rings. The van der Waals surface area contributed by atoms with Gasteiger partial charge in [0.2, 0.25) is 5.91 Å². The molecule has 1 heterocycles. The van der Waals surface area contributed by atoms with E-state index in [4.69, 9.17) is 0 Å². The van der Waals surface area contributed by atoms with Crippen LogP contribution in [-0.2, 0) is 11.2 Å².